The third kappa shape index (κ3) is 1.53. The number of ether oxygens (including phenoxy) is 1. The average Bonchev–Trinajstić information content (AvgIpc) is 2.84. The summed E-state index contributed by atoms with van der Waals surface area (Å²) in [6.07, 6.45) is 0.688. The predicted octanol–water partition coefficient (Wildman–Crippen LogP) is 1.50. The highest BCUT2D eigenvalue weighted by molar-refractivity contribution is 5.87. The Labute approximate surface area is 88.6 Å². The fraction of sp³-hybridized carbons (Fsp3) is 0.417. The third-order valence-corrected chi connectivity index (χ3v) is 3.10. The van der Waals surface area contributed by atoms with Crippen molar-refractivity contribution in [2.75, 3.05) is 18.0 Å². The molecule has 2 heterocycles. The van der Waals surface area contributed by atoms with Crippen LogP contribution in [-0.2, 0) is 22.7 Å². The molecule has 0 atom stereocenters. The van der Waals surface area contributed by atoms with Crippen LogP contribution in [-0.4, -0.2) is 18.9 Å². The predicted molar refractivity (Wildman–Crippen MR) is 56.8 cm³/mol. The first-order chi connectivity index (χ1) is 7.33. The van der Waals surface area contributed by atoms with Crippen molar-refractivity contribution in [1.82, 2.24) is 0 Å². The first-order valence-corrected chi connectivity index (χ1v) is 5.29. The molecule has 0 radical (unpaired) electrons. The van der Waals surface area contributed by atoms with E-state index in [2.05, 4.69) is 23.1 Å². The van der Waals surface area contributed by atoms with Gasteiger partial charge in [-0.1, -0.05) is 6.07 Å². The van der Waals surface area contributed by atoms with Gasteiger partial charge in [-0.2, -0.15) is 0 Å². The van der Waals surface area contributed by atoms with Gasteiger partial charge < -0.3 is 9.64 Å². The number of carbonyl (C=O) groups excluding carboxylic acids is 1. The molecule has 0 bridgehead atoms. The number of carbonyl (C=O) groups is 1. The summed E-state index contributed by atoms with van der Waals surface area (Å²) < 4.78 is 5.37. The van der Waals surface area contributed by atoms with E-state index in [-0.39, 0.29) is 0 Å². The second-order valence-electron chi connectivity index (χ2n) is 4.16. The van der Waals surface area contributed by atoms with Crippen molar-refractivity contribution < 1.29 is 9.53 Å². The lowest BCUT2D eigenvalue weighted by Crippen LogP contribution is -2.19. The van der Waals surface area contributed by atoms with E-state index >= 15 is 0 Å². The molecule has 0 spiro atoms. The van der Waals surface area contributed by atoms with E-state index in [1.807, 2.05) is 0 Å². The lowest BCUT2D eigenvalue weighted by atomic mass is 10.1. The van der Waals surface area contributed by atoms with E-state index in [0.29, 0.717) is 25.4 Å². The third-order valence-electron chi connectivity index (χ3n) is 3.10. The minimum atomic E-state index is 0.340. The van der Waals surface area contributed by atoms with Crippen LogP contribution in [0.5, 0.6) is 0 Å². The summed E-state index contributed by atoms with van der Waals surface area (Å²) in [5.74, 6) is 0.340. The van der Waals surface area contributed by atoms with Crippen LogP contribution >= 0.6 is 0 Å². The minimum absolute atomic E-state index is 0.340. The average molecular weight is 203 g/mol. The maximum absolute atomic E-state index is 11.2. The van der Waals surface area contributed by atoms with Crippen LogP contribution in [0.2, 0.25) is 0 Å². The molecule has 0 aromatic heterocycles. The summed E-state index contributed by atoms with van der Waals surface area (Å²) in [5.41, 5.74) is 3.71. The van der Waals surface area contributed by atoms with Gasteiger partial charge in [0.1, 0.15) is 0 Å². The van der Waals surface area contributed by atoms with Gasteiger partial charge in [0.2, 0.25) is 0 Å². The zero-order valence-electron chi connectivity index (χ0n) is 8.53. The van der Waals surface area contributed by atoms with Crippen molar-refractivity contribution in [3.05, 3.63) is 29.3 Å². The van der Waals surface area contributed by atoms with Crippen molar-refractivity contribution in [2.45, 2.75) is 19.6 Å². The zero-order chi connectivity index (χ0) is 10.3. The number of fused-ring (bicyclic) bond motifs is 1. The summed E-state index contributed by atoms with van der Waals surface area (Å²) in [6.45, 7) is 2.87. The Kier molecular flexibility index (Phi) is 1.99. The monoisotopic (exact) mass is 203 g/mol. The number of hydrogen-bond acceptors (Lipinski definition) is 3. The van der Waals surface area contributed by atoms with Crippen LogP contribution in [0.15, 0.2) is 18.2 Å². The quantitative estimate of drug-likeness (QED) is 0.692. The molecule has 0 saturated carbocycles. The smallest absolute Gasteiger partial charge is 0.153 e. The van der Waals surface area contributed by atoms with Crippen molar-refractivity contribution in [1.29, 1.82) is 0 Å². The molecule has 0 unspecified atom stereocenters. The van der Waals surface area contributed by atoms with Gasteiger partial charge in [-0.15, -0.1) is 0 Å². The fourth-order valence-corrected chi connectivity index (χ4v) is 2.21. The van der Waals surface area contributed by atoms with Gasteiger partial charge in [-0.25, -0.2) is 0 Å². The maximum atomic E-state index is 11.2. The molecular weight excluding hydrogens is 190 g/mol. The summed E-state index contributed by atoms with van der Waals surface area (Å²) in [4.78, 5) is 13.3. The van der Waals surface area contributed by atoms with Crippen molar-refractivity contribution in [3.8, 4) is 0 Å². The molecule has 3 nitrogen and oxygen atoms in total. The maximum Gasteiger partial charge on any atom is 0.153 e. The SMILES string of the molecule is O=C1CCN(c2ccc3c(c2)COC3)C1. The van der Waals surface area contributed by atoms with Crippen LogP contribution in [0.3, 0.4) is 0 Å². The number of ketones is 1. The highest BCUT2D eigenvalue weighted by Gasteiger charge is 2.21. The second kappa shape index (κ2) is 3.35. The van der Waals surface area contributed by atoms with Crippen molar-refractivity contribution in [3.63, 3.8) is 0 Å². The fourth-order valence-electron chi connectivity index (χ4n) is 2.21. The van der Waals surface area contributed by atoms with Gasteiger partial charge in [0.05, 0.1) is 19.8 Å². The Balaban J connectivity index is 1.89. The van der Waals surface area contributed by atoms with Crippen LogP contribution in [0.4, 0.5) is 5.69 Å². The van der Waals surface area contributed by atoms with E-state index in [9.17, 15) is 4.79 Å². The molecule has 1 aromatic rings. The van der Waals surface area contributed by atoms with Crippen LogP contribution in [0.1, 0.15) is 17.5 Å². The molecule has 15 heavy (non-hydrogen) atoms. The summed E-state index contributed by atoms with van der Waals surface area (Å²) in [6, 6.07) is 6.35. The van der Waals surface area contributed by atoms with Gasteiger partial charge >= 0.3 is 0 Å². The number of Topliss-reactive ketones (excluding diaryl/α,β-unsaturated/α-hetero) is 1. The second-order valence-corrected chi connectivity index (χ2v) is 4.16. The summed E-state index contributed by atoms with van der Waals surface area (Å²) in [7, 11) is 0. The molecule has 78 valence electrons. The summed E-state index contributed by atoms with van der Waals surface area (Å²) in [5, 5.41) is 0. The van der Waals surface area contributed by atoms with Gasteiger partial charge in [0, 0.05) is 18.7 Å². The lowest BCUT2D eigenvalue weighted by molar-refractivity contribution is -0.116. The molecule has 0 amide bonds. The largest absolute Gasteiger partial charge is 0.372 e. The highest BCUT2D eigenvalue weighted by atomic mass is 16.5. The topological polar surface area (TPSA) is 29.5 Å². The number of rotatable bonds is 1. The van der Waals surface area contributed by atoms with E-state index < -0.39 is 0 Å². The number of nitrogens with zero attached hydrogens (tertiary/aromatic N) is 1. The molecule has 0 aliphatic carbocycles. The van der Waals surface area contributed by atoms with Crippen LogP contribution in [0.25, 0.3) is 0 Å². The van der Waals surface area contributed by atoms with Crippen molar-refractivity contribution >= 4 is 11.5 Å². The first kappa shape index (κ1) is 8.92. The first-order valence-electron chi connectivity index (χ1n) is 5.29. The van der Waals surface area contributed by atoms with Gasteiger partial charge in [0.15, 0.2) is 5.78 Å². The van der Waals surface area contributed by atoms with Gasteiger partial charge in [-0.05, 0) is 23.3 Å². The van der Waals surface area contributed by atoms with Crippen LogP contribution < -0.4 is 4.90 Å². The Bertz CT molecular complexity index is 414. The minimum Gasteiger partial charge on any atom is -0.372 e. The zero-order valence-corrected chi connectivity index (χ0v) is 8.53. The van der Waals surface area contributed by atoms with E-state index in [0.717, 1.165) is 18.8 Å². The Hall–Kier alpha value is -1.35. The molecule has 1 saturated heterocycles. The molecule has 2 aliphatic heterocycles. The Morgan fingerprint density at radius 3 is 2.87 bits per heavy atom. The Morgan fingerprint density at radius 2 is 2.07 bits per heavy atom. The van der Waals surface area contributed by atoms with Crippen molar-refractivity contribution in [2.24, 2.45) is 0 Å². The molecule has 1 aromatic carbocycles. The lowest BCUT2D eigenvalue weighted by Gasteiger charge is -2.17. The number of hydrogen-bond donors (Lipinski definition) is 0. The van der Waals surface area contributed by atoms with E-state index in [1.54, 1.807) is 0 Å². The molecule has 3 rings (SSSR count). The standard InChI is InChI=1S/C12H13NO2/c14-12-3-4-13(6-12)11-2-1-9-7-15-8-10(9)5-11/h1-2,5H,3-4,6-8H2. The van der Waals surface area contributed by atoms with E-state index in [4.69, 9.17) is 4.74 Å². The molecule has 0 N–H and O–H groups in total. The molecule has 3 heteroatoms. The summed E-state index contributed by atoms with van der Waals surface area (Å²) >= 11 is 0. The number of benzene rings is 1. The number of anilines is 1. The van der Waals surface area contributed by atoms with Gasteiger partial charge in [-0.3, -0.25) is 4.79 Å². The van der Waals surface area contributed by atoms with E-state index in [1.165, 1.54) is 11.1 Å². The van der Waals surface area contributed by atoms with Gasteiger partial charge in [0.25, 0.3) is 0 Å². The molecule has 1 fully saturated rings. The molecular formula is C12H13NO2. The van der Waals surface area contributed by atoms with Crippen LogP contribution in [0, 0.1) is 0 Å². The Morgan fingerprint density at radius 1 is 1.20 bits per heavy atom. The normalized spacial score (nSPS) is 19.7. The molecule has 2 aliphatic rings. The highest BCUT2D eigenvalue weighted by Crippen LogP contribution is 2.26.